The normalized spacial score (nSPS) is 9.11. The van der Waals surface area contributed by atoms with Crippen LogP contribution >= 0.6 is 0 Å². The van der Waals surface area contributed by atoms with Gasteiger partial charge >= 0.3 is 11.9 Å². The second kappa shape index (κ2) is 10.1. The fraction of sp³-hybridized carbons (Fsp3) is 0.385. The molecule has 0 N–H and O–H groups in total. The van der Waals surface area contributed by atoms with Crippen LogP contribution in [0.1, 0.15) is 12.8 Å². The van der Waals surface area contributed by atoms with Crippen LogP contribution in [0.25, 0.3) is 0 Å². The van der Waals surface area contributed by atoms with Crippen LogP contribution in [0.2, 0.25) is 0 Å². The van der Waals surface area contributed by atoms with Gasteiger partial charge in [-0.2, -0.15) is 0 Å². The molecule has 0 unspecified atom stereocenters. The number of hydrogen-bond donors (Lipinski definition) is 0. The standard InChI is InChI=1S/C13H18O5/c1-4-8-17-13(15)7-6-11(3)16-9-10-18-12(14)5-2/h4-5H,1-3,6-10H2. The van der Waals surface area contributed by atoms with E-state index >= 15 is 0 Å². The second-order valence-corrected chi connectivity index (χ2v) is 3.23. The largest absolute Gasteiger partial charge is 0.495 e. The Bertz CT molecular complexity index is 319. The number of carbonyl (C=O) groups is 2. The number of allylic oxidation sites excluding steroid dienone is 1. The second-order valence-electron chi connectivity index (χ2n) is 3.23. The SMILES string of the molecule is C=CCOC(=O)CCC(=C)OCCOC(=O)C=C. The summed E-state index contributed by atoms with van der Waals surface area (Å²) in [4.78, 5) is 21.8. The Morgan fingerprint density at radius 2 is 1.67 bits per heavy atom. The van der Waals surface area contributed by atoms with Gasteiger partial charge in [0.15, 0.2) is 0 Å². The van der Waals surface area contributed by atoms with E-state index in [0.29, 0.717) is 12.2 Å². The summed E-state index contributed by atoms with van der Waals surface area (Å²) >= 11 is 0. The van der Waals surface area contributed by atoms with Crippen molar-refractivity contribution in [2.45, 2.75) is 12.8 Å². The van der Waals surface area contributed by atoms with Gasteiger partial charge in [0.25, 0.3) is 0 Å². The van der Waals surface area contributed by atoms with E-state index in [-0.39, 0.29) is 32.2 Å². The van der Waals surface area contributed by atoms with Crippen LogP contribution in [-0.4, -0.2) is 31.8 Å². The Kier molecular flexibility index (Phi) is 8.99. The number of carbonyl (C=O) groups excluding carboxylic acids is 2. The molecule has 0 aliphatic rings. The molecule has 100 valence electrons. The quantitative estimate of drug-likeness (QED) is 0.195. The average molecular weight is 254 g/mol. The molecule has 5 nitrogen and oxygen atoms in total. The van der Waals surface area contributed by atoms with Gasteiger partial charge in [0.05, 0.1) is 12.2 Å². The Hall–Kier alpha value is -2.04. The molecule has 0 aliphatic carbocycles. The predicted octanol–water partition coefficient (Wildman–Crippen LogP) is 1.76. The van der Waals surface area contributed by atoms with Crippen molar-refractivity contribution in [3.8, 4) is 0 Å². The van der Waals surface area contributed by atoms with E-state index in [2.05, 4.69) is 19.7 Å². The molecule has 18 heavy (non-hydrogen) atoms. The van der Waals surface area contributed by atoms with Crippen molar-refractivity contribution < 1.29 is 23.8 Å². The van der Waals surface area contributed by atoms with Crippen molar-refractivity contribution in [1.29, 1.82) is 0 Å². The maximum absolute atomic E-state index is 11.1. The van der Waals surface area contributed by atoms with Gasteiger partial charge in [0, 0.05) is 12.5 Å². The first-order valence-corrected chi connectivity index (χ1v) is 5.46. The lowest BCUT2D eigenvalue weighted by atomic mass is 10.3. The molecule has 0 aromatic heterocycles. The molecule has 0 heterocycles. The summed E-state index contributed by atoms with van der Waals surface area (Å²) < 4.78 is 14.6. The highest BCUT2D eigenvalue weighted by atomic mass is 16.6. The fourth-order valence-corrected chi connectivity index (χ4v) is 0.925. The topological polar surface area (TPSA) is 61.8 Å². The number of hydrogen-bond acceptors (Lipinski definition) is 5. The number of ether oxygens (including phenoxy) is 3. The molecule has 0 fully saturated rings. The smallest absolute Gasteiger partial charge is 0.330 e. The zero-order chi connectivity index (χ0) is 13.8. The van der Waals surface area contributed by atoms with Crippen molar-refractivity contribution in [1.82, 2.24) is 0 Å². The van der Waals surface area contributed by atoms with Crippen LogP contribution in [0.3, 0.4) is 0 Å². The summed E-state index contributed by atoms with van der Waals surface area (Å²) in [6.45, 7) is 10.8. The lowest BCUT2D eigenvalue weighted by Crippen LogP contribution is -2.09. The van der Waals surface area contributed by atoms with E-state index in [1.807, 2.05) is 0 Å². The zero-order valence-corrected chi connectivity index (χ0v) is 10.4. The summed E-state index contributed by atoms with van der Waals surface area (Å²) in [5, 5.41) is 0. The number of esters is 2. The molecule has 0 radical (unpaired) electrons. The Labute approximate surface area is 107 Å². The van der Waals surface area contributed by atoms with Crippen molar-refractivity contribution in [2.75, 3.05) is 19.8 Å². The molecule has 5 heteroatoms. The van der Waals surface area contributed by atoms with Crippen molar-refractivity contribution in [3.63, 3.8) is 0 Å². The van der Waals surface area contributed by atoms with Crippen LogP contribution < -0.4 is 0 Å². The first-order valence-electron chi connectivity index (χ1n) is 5.46. The highest BCUT2D eigenvalue weighted by Crippen LogP contribution is 2.05. The first kappa shape index (κ1) is 16.0. The lowest BCUT2D eigenvalue weighted by molar-refractivity contribution is -0.142. The molecule has 0 rings (SSSR count). The molecule has 0 amide bonds. The van der Waals surface area contributed by atoms with Gasteiger partial charge in [-0.25, -0.2) is 4.79 Å². The van der Waals surface area contributed by atoms with Gasteiger partial charge < -0.3 is 14.2 Å². The fourth-order valence-electron chi connectivity index (χ4n) is 0.925. The molecule has 0 aromatic carbocycles. The summed E-state index contributed by atoms with van der Waals surface area (Å²) in [6.07, 6.45) is 3.13. The third kappa shape index (κ3) is 9.21. The van der Waals surface area contributed by atoms with Gasteiger partial charge in [-0.05, 0) is 0 Å². The van der Waals surface area contributed by atoms with E-state index in [4.69, 9.17) is 14.2 Å². The summed E-state index contributed by atoms with van der Waals surface area (Å²) in [5.74, 6) is -0.393. The van der Waals surface area contributed by atoms with Crippen molar-refractivity contribution in [3.05, 3.63) is 37.6 Å². The van der Waals surface area contributed by atoms with E-state index < -0.39 is 5.97 Å². The summed E-state index contributed by atoms with van der Waals surface area (Å²) in [7, 11) is 0. The molecular weight excluding hydrogens is 236 g/mol. The van der Waals surface area contributed by atoms with Gasteiger partial charge in [-0.1, -0.05) is 25.8 Å². The van der Waals surface area contributed by atoms with Crippen LogP contribution in [0.5, 0.6) is 0 Å². The molecule has 0 bridgehead atoms. The molecule has 0 aliphatic heterocycles. The van der Waals surface area contributed by atoms with Crippen molar-refractivity contribution >= 4 is 11.9 Å². The number of rotatable bonds is 10. The monoisotopic (exact) mass is 254 g/mol. The molecular formula is C13H18O5. The van der Waals surface area contributed by atoms with Gasteiger partial charge in [0.2, 0.25) is 0 Å². The minimum atomic E-state index is -0.503. The van der Waals surface area contributed by atoms with Crippen molar-refractivity contribution in [2.24, 2.45) is 0 Å². The predicted molar refractivity (Wildman–Crippen MR) is 66.6 cm³/mol. The Morgan fingerprint density at radius 3 is 2.28 bits per heavy atom. The van der Waals surface area contributed by atoms with Crippen LogP contribution in [0.15, 0.2) is 37.6 Å². The van der Waals surface area contributed by atoms with Gasteiger partial charge in [-0.3, -0.25) is 4.79 Å². The van der Waals surface area contributed by atoms with Crippen LogP contribution in [-0.2, 0) is 23.8 Å². The highest BCUT2D eigenvalue weighted by molar-refractivity contribution is 5.81. The average Bonchev–Trinajstić information content (AvgIpc) is 2.38. The molecule has 0 saturated carbocycles. The zero-order valence-electron chi connectivity index (χ0n) is 10.4. The Balaban J connectivity index is 3.53. The van der Waals surface area contributed by atoms with E-state index in [9.17, 15) is 9.59 Å². The summed E-state index contributed by atoms with van der Waals surface area (Å²) in [5.41, 5.74) is 0. The summed E-state index contributed by atoms with van der Waals surface area (Å²) in [6, 6.07) is 0. The van der Waals surface area contributed by atoms with E-state index in [0.717, 1.165) is 6.08 Å². The van der Waals surface area contributed by atoms with E-state index in [1.165, 1.54) is 6.08 Å². The van der Waals surface area contributed by atoms with Crippen LogP contribution in [0.4, 0.5) is 0 Å². The maximum Gasteiger partial charge on any atom is 0.330 e. The molecule has 0 spiro atoms. The highest BCUT2D eigenvalue weighted by Gasteiger charge is 2.04. The minimum Gasteiger partial charge on any atom is -0.495 e. The van der Waals surface area contributed by atoms with Crippen LogP contribution in [0, 0.1) is 0 Å². The maximum atomic E-state index is 11.1. The molecule has 0 atom stereocenters. The molecule has 0 aromatic rings. The third-order valence-electron chi connectivity index (χ3n) is 1.77. The first-order chi connectivity index (χ1) is 8.60. The lowest BCUT2D eigenvalue weighted by Gasteiger charge is -2.08. The van der Waals surface area contributed by atoms with Gasteiger partial charge in [-0.15, -0.1) is 0 Å². The van der Waals surface area contributed by atoms with E-state index in [1.54, 1.807) is 0 Å². The van der Waals surface area contributed by atoms with Gasteiger partial charge in [0.1, 0.15) is 19.8 Å². The molecule has 0 saturated heterocycles. The Morgan fingerprint density at radius 1 is 1.00 bits per heavy atom. The third-order valence-corrected chi connectivity index (χ3v) is 1.77. The minimum absolute atomic E-state index is 0.116.